The molecule has 0 radical (unpaired) electrons. The van der Waals surface area contributed by atoms with Gasteiger partial charge in [-0.1, -0.05) is 11.2 Å². The van der Waals surface area contributed by atoms with Crippen LogP contribution in [0.25, 0.3) is 0 Å². The summed E-state index contributed by atoms with van der Waals surface area (Å²) in [6.07, 6.45) is 0. The molecule has 2 aromatic rings. The van der Waals surface area contributed by atoms with Gasteiger partial charge in [0.15, 0.2) is 5.69 Å². The van der Waals surface area contributed by atoms with Gasteiger partial charge in [-0.2, -0.15) is 0 Å². The largest absolute Gasteiger partial charge is 0.361 e. The van der Waals surface area contributed by atoms with Crippen LogP contribution in [-0.2, 0) is 0 Å². The standard InChI is InChI=1S/C18H20F2N4O3/c1-12-11-15(22-27-12)18(26)24-9-7-23(8-10-24)6-5-21-17(25)16-13(19)3-2-4-14(16)20/h2-4,11H,5-10H2,1H3,(H,21,25). The van der Waals surface area contributed by atoms with Gasteiger partial charge < -0.3 is 14.7 Å². The Morgan fingerprint density at radius 1 is 1.19 bits per heavy atom. The first kappa shape index (κ1) is 19.0. The second kappa shape index (κ2) is 8.26. The van der Waals surface area contributed by atoms with E-state index >= 15 is 0 Å². The van der Waals surface area contributed by atoms with Gasteiger partial charge in [-0.05, 0) is 19.1 Å². The Kier molecular flexibility index (Phi) is 5.80. The molecule has 9 heteroatoms. The van der Waals surface area contributed by atoms with Crippen molar-refractivity contribution >= 4 is 11.8 Å². The zero-order valence-electron chi connectivity index (χ0n) is 14.9. The molecule has 2 heterocycles. The van der Waals surface area contributed by atoms with Gasteiger partial charge in [0.25, 0.3) is 11.8 Å². The first-order valence-corrected chi connectivity index (χ1v) is 8.63. The molecule has 1 aliphatic rings. The van der Waals surface area contributed by atoms with Crippen molar-refractivity contribution in [2.24, 2.45) is 0 Å². The maximum atomic E-state index is 13.6. The number of aryl methyl sites for hydroxylation is 1. The lowest BCUT2D eigenvalue weighted by atomic mass is 10.2. The van der Waals surface area contributed by atoms with Crippen LogP contribution in [0.2, 0.25) is 0 Å². The lowest BCUT2D eigenvalue weighted by Gasteiger charge is -2.34. The topological polar surface area (TPSA) is 78.7 Å². The average Bonchev–Trinajstić information content (AvgIpc) is 3.08. The molecule has 1 aromatic carbocycles. The van der Waals surface area contributed by atoms with Crippen molar-refractivity contribution < 1.29 is 22.9 Å². The van der Waals surface area contributed by atoms with E-state index in [2.05, 4.69) is 15.4 Å². The zero-order valence-corrected chi connectivity index (χ0v) is 14.9. The highest BCUT2D eigenvalue weighted by atomic mass is 19.1. The van der Waals surface area contributed by atoms with Gasteiger partial charge in [0, 0.05) is 45.3 Å². The molecular weight excluding hydrogens is 358 g/mol. The molecule has 0 bridgehead atoms. The van der Waals surface area contributed by atoms with E-state index in [-0.39, 0.29) is 12.5 Å². The van der Waals surface area contributed by atoms with E-state index in [1.807, 2.05) is 0 Å². The third kappa shape index (κ3) is 4.48. The summed E-state index contributed by atoms with van der Waals surface area (Å²) in [5.41, 5.74) is -0.282. The number of carbonyl (C=O) groups is 2. The lowest BCUT2D eigenvalue weighted by Crippen LogP contribution is -2.50. The summed E-state index contributed by atoms with van der Waals surface area (Å²) in [6.45, 7) is 4.82. The Bertz CT molecular complexity index is 812. The number of halogens is 2. The van der Waals surface area contributed by atoms with E-state index in [0.29, 0.717) is 44.2 Å². The summed E-state index contributed by atoms with van der Waals surface area (Å²) in [6, 6.07) is 4.91. The number of hydrogen-bond acceptors (Lipinski definition) is 5. The Balaban J connectivity index is 1.43. The van der Waals surface area contributed by atoms with Gasteiger partial charge in [0.05, 0.1) is 0 Å². The van der Waals surface area contributed by atoms with E-state index in [0.717, 1.165) is 12.1 Å². The number of nitrogens with zero attached hydrogens (tertiary/aromatic N) is 3. The van der Waals surface area contributed by atoms with Gasteiger partial charge in [0.2, 0.25) is 0 Å². The summed E-state index contributed by atoms with van der Waals surface area (Å²) in [5, 5.41) is 6.26. The van der Waals surface area contributed by atoms with Gasteiger partial charge in [-0.25, -0.2) is 8.78 Å². The fraction of sp³-hybridized carbons (Fsp3) is 0.389. The summed E-state index contributed by atoms with van der Waals surface area (Å²) < 4.78 is 32.1. The lowest BCUT2D eigenvalue weighted by molar-refractivity contribution is 0.0628. The number of nitrogens with one attached hydrogen (secondary N) is 1. The third-order valence-electron chi connectivity index (χ3n) is 4.41. The molecule has 1 N–H and O–H groups in total. The predicted octanol–water partition coefficient (Wildman–Crippen LogP) is 1.45. The van der Waals surface area contributed by atoms with Crippen molar-refractivity contribution in [3.63, 3.8) is 0 Å². The molecule has 144 valence electrons. The Hall–Kier alpha value is -2.81. The van der Waals surface area contributed by atoms with E-state index in [1.54, 1.807) is 17.9 Å². The highest BCUT2D eigenvalue weighted by Gasteiger charge is 2.24. The smallest absolute Gasteiger partial charge is 0.276 e. The summed E-state index contributed by atoms with van der Waals surface area (Å²) in [7, 11) is 0. The van der Waals surface area contributed by atoms with E-state index in [9.17, 15) is 18.4 Å². The van der Waals surface area contributed by atoms with Crippen LogP contribution in [0.3, 0.4) is 0 Å². The molecule has 2 amide bonds. The minimum atomic E-state index is -0.886. The van der Waals surface area contributed by atoms with E-state index in [4.69, 9.17) is 4.52 Å². The van der Waals surface area contributed by atoms with Crippen LogP contribution in [0.4, 0.5) is 8.78 Å². The van der Waals surface area contributed by atoms with Crippen molar-refractivity contribution in [3.05, 3.63) is 52.9 Å². The molecule has 0 atom stereocenters. The average molecular weight is 378 g/mol. The van der Waals surface area contributed by atoms with Crippen LogP contribution in [0, 0.1) is 18.6 Å². The monoisotopic (exact) mass is 378 g/mol. The van der Waals surface area contributed by atoms with Crippen LogP contribution < -0.4 is 5.32 Å². The molecular formula is C18H20F2N4O3. The molecule has 3 rings (SSSR count). The molecule has 1 saturated heterocycles. The zero-order chi connectivity index (χ0) is 19.4. The van der Waals surface area contributed by atoms with Gasteiger partial charge in [-0.15, -0.1) is 0 Å². The fourth-order valence-electron chi connectivity index (χ4n) is 2.93. The highest BCUT2D eigenvalue weighted by Crippen LogP contribution is 2.12. The number of aromatic nitrogens is 1. The van der Waals surface area contributed by atoms with Crippen molar-refractivity contribution in [1.82, 2.24) is 20.3 Å². The second-order valence-corrected chi connectivity index (χ2v) is 6.31. The number of rotatable bonds is 5. The molecule has 27 heavy (non-hydrogen) atoms. The van der Waals surface area contributed by atoms with Crippen molar-refractivity contribution in [2.45, 2.75) is 6.92 Å². The maximum absolute atomic E-state index is 13.6. The highest BCUT2D eigenvalue weighted by molar-refractivity contribution is 5.94. The molecule has 1 fully saturated rings. The van der Waals surface area contributed by atoms with E-state index < -0.39 is 23.1 Å². The predicted molar refractivity (Wildman–Crippen MR) is 92.3 cm³/mol. The fourth-order valence-corrected chi connectivity index (χ4v) is 2.93. The summed E-state index contributed by atoms with van der Waals surface area (Å²) >= 11 is 0. The number of amides is 2. The van der Waals surface area contributed by atoms with Crippen LogP contribution in [0.5, 0.6) is 0 Å². The Morgan fingerprint density at radius 2 is 1.85 bits per heavy atom. The number of carbonyl (C=O) groups excluding carboxylic acids is 2. The van der Waals surface area contributed by atoms with Crippen LogP contribution >= 0.6 is 0 Å². The van der Waals surface area contributed by atoms with E-state index in [1.165, 1.54) is 6.07 Å². The molecule has 1 aromatic heterocycles. The van der Waals surface area contributed by atoms with Crippen molar-refractivity contribution in [3.8, 4) is 0 Å². The first-order valence-electron chi connectivity index (χ1n) is 8.63. The normalized spacial score (nSPS) is 15.0. The SMILES string of the molecule is Cc1cc(C(=O)N2CCN(CCNC(=O)c3c(F)cccc3F)CC2)no1. The minimum Gasteiger partial charge on any atom is -0.361 e. The summed E-state index contributed by atoms with van der Waals surface area (Å²) in [4.78, 5) is 28.0. The number of benzene rings is 1. The third-order valence-corrected chi connectivity index (χ3v) is 4.41. The first-order chi connectivity index (χ1) is 13.0. The van der Waals surface area contributed by atoms with Crippen molar-refractivity contribution in [2.75, 3.05) is 39.3 Å². The minimum absolute atomic E-state index is 0.171. The number of hydrogen-bond donors (Lipinski definition) is 1. The Labute approximate surface area is 154 Å². The quantitative estimate of drug-likeness (QED) is 0.852. The molecule has 7 nitrogen and oxygen atoms in total. The molecule has 0 aliphatic carbocycles. The number of piperazine rings is 1. The van der Waals surface area contributed by atoms with Crippen LogP contribution in [0.15, 0.2) is 28.8 Å². The van der Waals surface area contributed by atoms with Crippen LogP contribution in [-0.4, -0.2) is 66.0 Å². The molecule has 0 spiro atoms. The van der Waals surface area contributed by atoms with Gasteiger partial charge >= 0.3 is 0 Å². The maximum Gasteiger partial charge on any atom is 0.276 e. The molecule has 1 aliphatic heterocycles. The van der Waals surface area contributed by atoms with Gasteiger partial charge in [0.1, 0.15) is 23.0 Å². The molecule has 0 saturated carbocycles. The Morgan fingerprint density at radius 3 is 2.44 bits per heavy atom. The molecule has 0 unspecified atom stereocenters. The van der Waals surface area contributed by atoms with Gasteiger partial charge in [-0.3, -0.25) is 14.5 Å². The second-order valence-electron chi connectivity index (χ2n) is 6.31. The van der Waals surface area contributed by atoms with Crippen LogP contribution in [0.1, 0.15) is 26.6 Å². The van der Waals surface area contributed by atoms with Crippen molar-refractivity contribution in [1.29, 1.82) is 0 Å². The summed E-state index contributed by atoms with van der Waals surface area (Å²) in [5.74, 6) is -2.14.